The van der Waals surface area contributed by atoms with Gasteiger partial charge in [-0.15, -0.1) is 0 Å². The van der Waals surface area contributed by atoms with Crippen LogP contribution in [0.5, 0.6) is 0 Å². The molecule has 0 atom stereocenters. The molecule has 0 saturated carbocycles. The van der Waals surface area contributed by atoms with E-state index in [0.29, 0.717) is 0 Å². The molecule has 5 rings (SSSR count). The van der Waals surface area contributed by atoms with Crippen molar-refractivity contribution < 1.29 is 21.5 Å². The summed E-state index contributed by atoms with van der Waals surface area (Å²) >= 11 is 1.86. The first kappa shape index (κ1) is 24.3. The van der Waals surface area contributed by atoms with Crippen molar-refractivity contribution in [3.63, 3.8) is 0 Å². The molecule has 0 aliphatic carbocycles. The standard InChI is InChI=1S/C28H29N4S.BrH/c1-22-17-25(18-23(2)31(22)15-8-14-30-16-13-29-21-30)19-28-32(20-24-9-4-3-5-10-24)26-11-6-7-12-27(26)33-28;/h3-7,9-13,16-19,21H,8,14-15,20H2,1-2H3;1H/q+1;/p-1. The summed E-state index contributed by atoms with van der Waals surface area (Å²) in [4.78, 5) is 7.89. The topological polar surface area (TPSA) is 24.9 Å². The van der Waals surface area contributed by atoms with Gasteiger partial charge in [-0.1, -0.05) is 54.2 Å². The maximum atomic E-state index is 4.13. The Kier molecular flexibility index (Phi) is 7.91. The highest BCUT2D eigenvalue weighted by Crippen LogP contribution is 2.47. The molecule has 3 heterocycles. The van der Waals surface area contributed by atoms with Gasteiger partial charge >= 0.3 is 0 Å². The first-order chi connectivity index (χ1) is 16.2. The van der Waals surface area contributed by atoms with Crippen LogP contribution in [0, 0.1) is 13.8 Å². The van der Waals surface area contributed by atoms with Crippen LogP contribution in [0.15, 0.2) is 95.4 Å². The molecule has 0 radical (unpaired) electrons. The third-order valence-electron chi connectivity index (χ3n) is 6.07. The Morgan fingerprint density at radius 3 is 2.44 bits per heavy atom. The summed E-state index contributed by atoms with van der Waals surface area (Å²) in [6.07, 6.45) is 9.17. The maximum absolute atomic E-state index is 4.13. The van der Waals surface area contributed by atoms with Crippen LogP contribution >= 0.6 is 11.8 Å². The summed E-state index contributed by atoms with van der Waals surface area (Å²) in [5, 5.41) is 1.27. The van der Waals surface area contributed by atoms with Crippen molar-refractivity contribution in [3.8, 4) is 0 Å². The van der Waals surface area contributed by atoms with Gasteiger partial charge in [0.1, 0.15) is 0 Å². The monoisotopic (exact) mass is 532 g/mol. The van der Waals surface area contributed by atoms with Crippen molar-refractivity contribution in [1.82, 2.24) is 9.55 Å². The number of aryl methyl sites for hydroxylation is 3. The fourth-order valence-electron chi connectivity index (χ4n) is 4.46. The van der Waals surface area contributed by atoms with Gasteiger partial charge in [0.05, 0.1) is 17.0 Å². The van der Waals surface area contributed by atoms with Crippen LogP contribution in [0.1, 0.15) is 28.9 Å². The average molecular weight is 534 g/mol. The van der Waals surface area contributed by atoms with Crippen molar-refractivity contribution in [3.05, 3.63) is 113 Å². The van der Waals surface area contributed by atoms with Gasteiger partial charge in [0, 0.05) is 62.8 Å². The van der Waals surface area contributed by atoms with Gasteiger partial charge in [-0.25, -0.2) is 9.55 Å². The lowest BCUT2D eigenvalue weighted by Crippen LogP contribution is -3.00. The predicted octanol–water partition coefficient (Wildman–Crippen LogP) is 2.99. The minimum atomic E-state index is 0. The summed E-state index contributed by atoms with van der Waals surface area (Å²) in [5.74, 6) is 0. The molecule has 0 amide bonds. The number of imidazole rings is 1. The van der Waals surface area contributed by atoms with E-state index in [1.54, 1.807) is 0 Å². The first-order valence-corrected chi connectivity index (χ1v) is 12.3. The predicted molar refractivity (Wildman–Crippen MR) is 136 cm³/mol. The van der Waals surface area contributed by atoms with E-state index in [9.17, 15) is 0 Å². The Labute approximate surface area is 216 Å². The van der Waals surface area contributed by atoms with Crippen molar-refractivity contribution in [2.45, 2.75) is 44.8 Å². The molecule has 0 fully saturated rings. The van der Waals surface area contributed by atoms with Gasteiger partial charge in [-0.3, -0.25) is 0 Å². The SMILES string of the molecule is Cc1cc(/C=C2\Sc3ccccc3N2Cc2ccccc2)cc(C)[n+]1CCCn1ccnc1.[Br-]. The first-order valence-electron chi connectivity index (χ1n) is 11.4. The lowest BCUT2D eigenvalue weighted by Gasteiger charge is -2.21. The van der Waals surface area contributed by atoms with Crippen molar-refractivity contribution in [2.24, 2.45) is 0 Å². The van der Waals surface area contributed by atoms with Gasteiger partial charge in [-0.2, -0.15) is 0 Å². The number of thioether (sulfide) groups is 1. The maximum Gasteiger partial charge on any atom is 0.179 e. The summed E-state index contributed by atoms with van der Waals surface area (Å²) in [6.45, 7) is 7.29. The number of fused-ring (bicyclic) bond motifs is 1. The van der Waals surface area contributed by atoms with Crippen LogP contribution < -0.4 is 26.4 Å². The second-order valence-electron chi connectivity index (χ2n) is 8.50. The number of halogens is 1. The van der Waals surface area contributed by atoms with Crippen LogP contribution in [0.2, 0.25) is 0 Å². The molecule has 0 unspecified atom stereocenters. The summed E-state index contributed by atoms with van der Waals surface area (Å²) < 4.78 is 4.55. The number of aromatic nitrogens is 3. The van der Waals surface area contributed by atoms with Crippen LogP contribution in [-0.4, -0.2) is 9.55 Å². The van der Waals surface area contributed by atoms with Crippen LogP contribution in [0.4, 0.5) is 5.69 Å². The van der Waals surface area contributed by atoms with Crippen molar-refractivity contribution >= 4 is 23.5 Å². The van der Waals surface area contributed by atoms with Crippen LogP contribution in [0.3, 0.4) is 0 Å². The van der Waals surface area contributed by atoms with Gasteiger partial charge in [0.2, 0.25) is 0 Å². The van der Waals surface area contributed by atoms with Crippen LogP contribution in [0.25, 0.3) is 6.08 Å². The molecule has 0 bridgehead atoms. The van der Waals surface area contributed by atoms with E-state index < -0.39 is 0 Å². The highest BCUT2D eigenvalue weighted by atomic mass is 79.9. The smallest absolute Gasteiger partial charge is 0.179 e. The van der Waals surface area contributed by atoms with E-state index in [1.807, 2.05) is 30.5 Å². The second-order valence-corrected chi connectivity index (χ2v) is 9.56. The quantitative estimate of drug-likeness (QED) is 0.342. The number of hydrogen-bond acceptors (Lipinski definition) is 3. The van der Waals surface area contributed by atoms with Crippen molar-refractivity contribution in [2.75, 3.05) is 4.90 Å². The molecular formula is C28H29BrN4S. The molecule has 0 spiro atoms. The number of para-hydroxylation sites is 1. The van der Waals surface area contributed by atoms with Gasteiger partial charge < -0.3 is 26.4 Å². The molecule has 0 saturated heterocycles. The molecule has 4 nitrogen and oxygen atoms in total. The van der Waals surface area contributed by atoms with Crippen LogP contribution in [-0.2, 0) is 19.6 Å². The molecule has 0 N–H and O–H groups in total. The highest BCUT2D eigenvalue weighted by molar-refractivity contribution is 8.03. The Balaban J connectivity index is 0.00000274. The zero-order chi connectivity index (χ0) is 22.6. The normalized spacial score (nSPS) is 13.7. The van der Waals surface area contributed by atoms with E-state index in [0.717, 1.165) is 26.1 Å². The number of nitrogens with zero attached hydrogens (tertiary/aromatic N) is 4. The van der Waals surface area contributed by atoms with Gasteiger partial charge in [0.15, 0.2) is 17.9 Å². The fourth-order valence-corrected chi connectivity index (χ4v) is 5.58. The summed E-state index contributed by atoms with van der Waals surface area (Å²) in [6, 6.07) is 24.0. The molecular weight excluding hydrogens is 504 g/mol. The van der Waals surface area contributed by atoms with E-state index in [4.69, 9.17) is 0 Å². The Morgan fingerprint density at radius 1 is 0.971 bits per heavy atom. The molecule has 1 aliphatic rings. The van der Waals surface area contributed by atoms with E-state index in [-0.39, 0.29) is 17.0 Å². The summed E-state index contributed by atoms with van der Waals surface area (Å²) in [5.41, 5.74) is 6.45. The highest BCUT2D eigenvalue weighted by Gasteiger charge is 2.25. The Bertz CT molecular complexity index is 1250. The zero-order valence-corrected chi connectivity index (χ0v) is 22.0. The zero-order valence-electron chi connectivity index (χ0n) is 19.6. The van der Waals surface area contributed by atoms with E-state index in [1.165, 1.54) is 38.1 Å². The molecule has 1 aliphatic heterocycles. The minimum Gasteiger partial charge on any atom is -1.00 e. The second kappa shape index (κ2) is 11.1. The third kappa shape index (κ3) is 5.45. The minimum absolute atomic E-state index is 0. The molecule has 2 aromatic heterocycles. The number of hydrogen-bond donors (Lipinski definition) is 0. The summed E-state index contributed by atoms with van der Waals surface area (Å²) in [7, 11) is 0. The molecule has 4 aromatic rings. The molecule has 6 heteroatoms. The number of anilines is 1. The lowest BCUT2D eigenvalue weighted by molar-refractivity contribution is -0.709. The fraction of sp³-hybridized carbons (Fsp3) is 0.214. The number of rotatable bonds is 7. The van der Waals surface area contributed by atoms with Crippen molar-refractivity contribution in [1.29, 1.82) is 0 Å². The Hall–Kier alpha value is -2.83. The van der Waals surface area contributed by atoms with Gasteiger partial charge in [0.25, 0.3) is 0 Å². The molecule has 174 valence electrons. The van der Waals surface area contributed by atoms with E-state index >= 15 is 0 Å². The van der Waals surface area contributed by atoms with E-state index in [2.05, 4.69) is 106 Å². The molecule has 34 heavy (non-hydrogen) atoms. The largest absolute Gasteiger partial charge is 1.00 e. The third-order valence-corrected chi connectivity index (χ3v) is 7.18. The molecule has 2 aromatic carbocycles. The lowest BCUT2D eigenvalue weighted by atomic mass is 10.1. The average Bonchev–Trinajstić information content (AvgIpc) is 3.45. The number of benzene rings is 2. The number of pyridine rings is 1. The Morgan fingerprint density at radius 2 is 1.71 bits per heavy atom. The van der Waals surface area contributed by atoms with Gasteiger partial charge in [-0.05, 0) is 29.3 Å².